The van der Waals surface area contributed by atoms with Crippen molar-refractivity contribution in [3.05, 3.63) is 60.2 Å². The Kier molecular flexibility index (Phi) is 5.86. The number of carbonyl (C=O) groups is 1. The number of carbonyl (C=O) groups excluding carboxylic acids is 1. The molecular formula is C21H23F2NO2Si. The lowest BCUT2D eigenvalue weighted by Gasteiger charge is -2.37. The van der Waals surface area contributed by atoms with Crippen LogP contribution < -0.4 is 0 Å². The molecule has 0 N–H and O–H groups in total. The highest BCUT2D eigenvalue weighted by molar-refractivity contribution is 6.79. The van der Waals surface area contributed by atoms with Crippen molar-refractivity contribution in [3.8, 4) is 17.2 Å². The van der Waals surface area contributed by atoms with Crippen molar-refractivity contribution in [2.75, 3.05) is 0 Å². The first-order valence-corrected chi connectivity index (χ1v) is 12.1. The summed E-state index contributed by atoms with van der Waals surface area (Å²) >= 11 is 0. The van der Waals surface area contributed by atoms with E-state index in [0.29, 0.717) is 5.56 Å². The third kappa shape index (κ3) is 4.09. The third-order valence-electron chi connectivity index (χ3n) is 4.63. The zero-order valence-corrected chi connectivity index (χ0v) is 16.9. The quantitative estimate of drug-likeness (QED) is 0.490. The van der Waals surface area contributed by atoms with Crippen molar-refractivity contribution < 1.29 is 18.3 Å². The summed E-state index contributed by atoms with van der Waals surface area (Å²) in [6.45, 7) is 5.09. The van der Waals surface area contributed by atoms with E-state index in [1.54, 1.807) is 12.1 Å². The SMILES string of the molecule is C[C@@](C#N)(C(=O)OCc1ccc(-c2ccccc2)cc1)C(F)(F)[Si](C)(C)C. The maximum absolute atomic E-state index is 14.7. The van der Waals surface area contributed by atoms with Crippen LogP contribution in [0.3, 0.4) is 0 Å². The summed E-state index contributed by atoms with van der Waals surface area (Å²) in [6, 6.07) is 18.6. The minimum Gasteiger partial charge on any atom is -0.459 e. The molecule has 1 atom stereocenters. The molecule has 0 spiro atoms. The molecule has 0 aliphatic rings. The maximum Gasteiger partial charge on any atom is 0.332 e. The molecular weight excluding hydrogens is 364 g/mol. The molecule has 0 unspecified atom stereocenters. The number of halogens is 2. The van der Waals surface area contributed by atoms with Gasteiger partial charge >= 0.3 is 5.97 Å². The van der Waals surface area contributed by atoms with E-state index >= 15 is 0 Å². The van der Waals surface area contributed by atoms with Gasteiger partial charge < -0.3 is 4.74 Å². The number of alkyl halides is 2. The first-order chi connectivity index (χ1) is 12.5. The van der Waals surface area contributed by atoms with Gasteiger partial charge in [0.1, 0.15) is 14.7 Å². The van der Waals surface area contributed by atoms with Crippen molar-refractivity contribution in [2.45, 2.75) is 38.7 Å². The topological polar surface area (TPSA) is 50.1 Å². The van der Waals surface area contributed by atoms with Gasteiger partial charge in [-0.2, -0.15) is 5.26 Å². The number of hydrogen-bond acceptors (Lipinski definition) is 3. The zero-order chi connectivity index (χ0) is 20.3. The molecule has 0 fully saturated rings. The Morgan fingerprint density at radius 3 is 2.04 bits per heavy atom. The lowest BCUT2D eigenvalue weighted by molar-refractivity contribution is -0.164. The molecule has 2 aromatic carbocycles. The van der Waals surface area contributed by atoms with Gasteiger partial charge in [-0.25, -0.2) is 8.78 Å². The van der Waals surface area contributed by atoms with E-state index in [-0.39, 0.29) is 6.61 Å². The number of nitriles is 1. The predicted molar refractivity (Wildman–Crippen MR) is 104 cm³/mol. The van der Waals surface area contributed by atoms with Gasteiger partial charge in [-0.1, -0.05) is 74.2 Å². The van der Waals surface area contributed by atoms with Crippen LogP contribution in [-0.4, -0.2) is 19.6 Å². The fraction of sp³-hybridized carbons (Fsp3) is 0.333. The lowest BCUT2D eigenvalue weighted by atomic mass is 9.93. The molecule has 2 rings (SSSR count). The molecule has 0 saturated heterocycles. The second-order valence-electron chi connectivity index (χ2n) is 7.70. The Labute approximate surface area is 159 Å². The first-order valence-electron chi connectivity index (χ1n) is 8.63. The van der Waals surface area contributed by atoms with Crippen molar-refractivity contribution in [3.63, 3.8) is 0 Å². The molecule has 0 bridgehead atoms. The molecule has 0 radical (unpaired) electrons. The van der Waals surface area contributed by atoms with Crippen molar-refractivity contribution >= 4 is 14.0 Å². The summed E-state index contributed by atoms with van der Waals surface area (Å²) in [7, 11) is -3.11. The summed E-state index contributed by atoms with van der Waals surface area (Å²) in [5.74, 6) is -1.19. The smallest absolute Gasteiger partial charge is 0.332 e. The van der Waals surface area contributed by atoms with Crippen molar-refractivity contribution in [1.82, 2.24) is 0 Å². The van der Waals surface area contributed by atoms with Crippen LogP contribution in [-0.2, 0) is 16.1 Å². The van der Waals surface area contributed by atoms with Gasteiger partial charge in [0.25, 0.3) is 5.55 Å². The van der Waals surface area contributed by atoms with E-state index in [9.17, 15) is 18.8 Å². The van der Waals surface area contributed by atoms with E-state index in [2.05, 4.69) is 0 Å². The van der Waals surface area contributed by atoms with Gasteiger partial charge in [0.2, 0.25) is 5.41 Å². The fourth-order valence-electron chi connectivity index (χ4n) is 2.71. The van der Waals surface area contributed by atoms with Crippen LogP contribution in [0.2, 0.25) is 19.6 Å². The largest absolute Gasteiger partial charge is 0.459 e. The summed E-state index contributed by atoms with van der Waals surface area (Å²) in [6.07, 6.45) is 0. The molecule has 142 valence electrons. The maximum atomic E-state index is 14.7. The van der Waals surface area contributed by atoms with E-state index < -0.39 is 25.0 Å². The van der Waals surface area contributed by atoms with E-state index in [1.165, 1.54) is 25.7 Å². The van der Waals surface area contributed by atoms with Gasteiger partial charge in [-0.15, -0.1) is 0 Å². The minimum atomic E-state index is -3.41. The Bertz CT molecular complexity index is 839. The Morgan fingerprint density at radius 2 is 1.56 bits per heavy atom. The van der Waals surface area contributed by atoms with Gasteiger partial charge in [-0.3, -0.25) is 4.79 Å². The Balaban J connectivity index is 2.11. The number of benzene rings is 2. The van der Waals surface area contributed by atoms with Crippen LogP contribution in [0.25, 0.3) is 11.1 Å². The molecule has 0 saturated carbocycles. The molecule has 0 heterocycles. The van der Waals surface area contributed by atoms with Crippen molar-refractivity contribution in [2.24, 2.45) is 5.41 Å². The molecule has 2 aromatic rings. The highest BCUT2D eigenvalue weighted by Crippen LogP contribution is 2.44. The third-order valence-corrected chi connectivity index (χ3v) is 7.02. The molecule has 27 heavy (non-hydrogen) atoms. The summed E-state index contributed by atoms with van der Waals surface area (Å²) in [5, 5.41) is 9.31. The van der Waals surface area contributed by atoms with Gasteiger partial charge in [-0.05, 0) is 23.6 Å². The predicted octanol–water partition coefficient (Wildman–Crippen LogP) is 5.44. The number of ether oxygens (including phenoxy) is 1. The minimum absolute atomic E-state index is 0.160. The summed E-state index contributed by atoms with van der Waals surface area (Å²) < 4.78 is 34.6. The normalized spacial score (nSPS) is 14.1. The van der Waals surface area contributed by atoms with E-state index in [0.717, 1.165) is 18.1 Å². The number of hydrogen-bond donors (Lipinski definition) is 0. The zero-order valence-electron chi connectivity index (χ0n) is 15.9. The number of esters is 1. The highest BCUT2D eigenvalue weighted by Gasteiger charge is 2.64. The van der Waals surface area contributed by atoms with Gasteiger partial charge in [0, 0.05) is 0 Å². The summed E-state index contributed by atoms with van der Waals surface area (Å²) in [4.78, 5) is 12.3. The van der Waals surface area contributed by atoms with Gasteiger partial charge in [0.05, 0.1) is 6.07 Å². The standard InChI is InChI=1S/C21H23F2NO2Si/c1-20(15-24,21(22,23)27(2,3)4)19(25)26-14-16-10-12-18(13-11-16)17-8-6-5-7-9-17/h5-13H,14H2,1-4H3/t20-/m1/s1. The highest BCUT2D eigenvalue weighted by atomic mass is 28.3. The second-order valence-corrected chi connectivity index (χ2v) is 12.8. The Hall–Kier alpha value is -2.52. The monoisotopic (exact) mass is 387 g/mol. The molecule has 0 aliphatic carbocycles. The van der Waals surface area contributed by atoms with Crippen LogP contribution in [0.4, 0.5) is 8.78 Å². The fourth-order valence-corrected chi connectivity index (χ4v) is 4.37. The molecule has 0 amide bonds. The molecule has 0 aliphatic heterocycles. The average Bonchev–Trinajstić information content (AvgIpc) is 2.65. The van der Waals surface area contributed by atoms with Crippen LogP contribution in [0.5, 0.6) is 0 Å². The van der Waals surface area contributed by atoms with Crippen LogP contribution in [0, 0.1) is 16.7 Å². The van der Waals surface area contributed by atoms with E-state index in [1.807, 2.05) is 42.5 Å². The molecule has 3 nitrogen and oxygen atoms in total. The second kappa shape index (κ2) is 7.61. The molecule has 0 aromatic heterocycles. The van der Waals surface area contributed by atoms with Crippen LogP contribution >= 0.6 is 0 Å². The number of nitrogens with zero attached hydrogens (tertiary/aromatic N) is 1. The van der Waals surface area contributed by atoms with Crippen molar-refractivity contribution in [1.29, 1.82) is 5.26 Å². The lowest BCUT2D eigenvalue weighted by Crippen LogP contribution is -2.59. The average molecular weight is 388 g/mol. The molecule has 6 heteroatoms. The van der Waals surface area contributed by atoms with Crippen LogP contribution in [0.15, 0.2) is 54.6 Å². The Morgan fingerprint density at radius 1 is 1.04 bits per heavy atom. The van der Waals surface area contributed by atoms with Crippen LogP contribution in [0.1, 0.15) is 12.5 Å². The first kappa shape index (κ1) is 20.8. The summed E-state index contributed by atoms with van der Waals surface area (Å²) in [5.41, 5.74) is -3.20. The van der Waals surface area contributed by atoms with E-state index in [4.69, 9.17) is 4.74 Å². The number of rotatable bonds is 6. The van der Waals surface area contributed by atoms with Gasteiger partial charge in [0.15, 0.2) is 0 Å².